The molecule has 0 aliphatic rings. The lowest BCUT2D eigenvalue weighted by molar-refractivity contribution is -0.119. The van der Waals surface area contributed by atoms with Crippen molar-refractivity contribution in [1.82, 2.24) is 5.32 Å². The minimum Gasteiger partial charge on any atom is -0.450 e. The summed E-state index contributed by atoms with van der Waals surface area (Å²) < 4.78 is 4.85. The molecule has 15 heavy (non-hydrogen) atoms. The van der Waals surface area contributed by atoms with Gasteiger partial charge >= 0.3 is 6.09 Å². The number of carbonyl (C=O) groups is 2. The topological polar surface area (TPSA) is 81.4 Å². The average molecular weight is 216 g/mol. The van der Waals surface area contributed by atoms with Crippen LogP contribution in [-0.2, 0) is 9.53 Å². The number of unbranched alkanes of at least 4 members (excludes halogenated alkanes) is 3. The maximum absolute atomic E-state index is 11.0. The van der Waals surface area contributed by atoms with Gasteiger partial charge in [-0.15, -0.1) is 0 Å². The molecule has 1 atom stereocenters. The van der Waals surface area contributed by atoms with Gasteiger partial charge < -0.3 is 15.8 Å². The molecular weight excluding hydrogens is 196 g/mol. The van der Waals surface area contributed by atoms with Gasteiger partial charge in [0.2, 0.25) is 5.91 Å². The van der Waals surface area contributed by atoms with E-state index in [4.69, 9.17) is 10.5 Å². The molecule has 88 valence electrons. The predicted octanol–water partition coefficient (Wildman–Crippen LogP) is 1.17. The first-order valence-electron chi connectivity index (χ1n) is 5.30. The minimum atomic E-state index is -0.687. The molecule has 0 saturated heterocycles. The van der Waals surface area contributed by atoms with Crippen LogP contribution in [0.1, 0.15) is 39.5 Å². The Morgan fingerprint density at radius 1 is 1.33 bits per heavy atom. The summed E-state index contributed by atoms with van der Waals surface area (Å²) in [6.07, 6.45) is 3.60. The summed E-state index contributed by atoms with van der Waals surface area (Å²) in [7, 11) is 0. The van der Waals surface area contributed by atoms with Gasteiger partial charge in [0.15, 0.2) is 0 Å². The van der Waals surface area contributed by atoms with E-state index in [0.29, 0.717) is 6.61 Å². The summed E-state index contributed by atoms with van der Waals surface area (Å²) in [6.45, 7) is 4.01. The van der Waals surface area contributed by atoms with E-state index >= 15 is 0 Å². The Hall–Kier alpha value is -1.26. The van der Waals surface area contributed by atoms with E-state index < -0.39 is 18.0 Å². The van der Waals surface area contributed by atoms with Crippen LogP contribution < -0.4 is 11.1 Å². The van der Waals surface area contributed by atoms with Gasteiger partial charge in [0.1, 0.15) is 6.04 Å². The normalized spacial score (nSPS) is 11.9. The molecule has 0 spiro atoms. The quantitative estimate of drug-likeness (QED) is 0.627. The highest BCUT2D eigenvalue weighted by molar-refractivity contribution is 5.83. The van der Waals surface area contributed by atoms with E-state index in [1.165, 1.54) is 6.92 Å². The summed E-state index contributed by atoms with van der Waals surface area (Å²) in [4.78, 5) is 21.7. The van der Waals surface area contributed by atoms with Crippen molar-refractivity contribution in [3.8, 4) is 0 Å². The van der Waals surface area contributed by atoms with Crippen LogP contribution >= 0.6 is 0 Å². The van der Waals surface area contributed by atoms with Gasteiger partial charge in [0.05, 0.1) is 6.61 Å². The molecular formula is C10H20N2O3. The van der Waals surface area contributed by atoms with E-state index in [2.05, 4.69) is 12.2 Å². The lowest BCUT2D eigenvalue weighted by atomic mass is 10.2. The number of amides is 2. The number of nitrogens with two attached hydrogens (primary N) is 1. The van der Waals surface area contributed by atoms with Gasteiger partial charge in [0, 0.05) is 0 Å². The maximum atomic E-state index is 11.0. The van der Waals surface area contributed by atoms with Crippen LogP contribution in [0.3, 0.4) is 0 Å². The second-order valence-corrected chi connectivity index (χ2v) is 3.46. The summed E-state index contributed by atoms with van der Waals surface area (Å²) in [5, 5.41) is 2.33. The number of rotatable bonds is 7. The van der Waals surface area contributed by atoms with Crippen molar-refractivity contribution in [2.24, 2.45) is 5.73 Å². The fourth-order valence-corrected chi connectivity index (χ4v) is 0.983. The number of ether oxygens (including phenoxy) is 1. The summed E-state index contributed by atoms with van der Waals surface area (Å²) in [6, 6.07) is -0.687. The molecule has 0 rings (SSSR count). The van der Waals surface area contributed by atoms with E-state index in [9.17, 15) is 9.59 Å². The molecule has 0 bridgehead atoms. The Morgan fingerprint density at radius 2 is 2.00 bits per heavy atom. The third kappa shape index (κ3) is 7.78. The summed E-state index contributed by atoms with van der Waals surface area (Å²) in [5.41, 5.74) is 4.97. The molecule has 0 aliphatic carbocycles. The van der Waals surface area contributed by atoms with Crippen molar-refractivity contribution in [1.29, 1.82) is 0 Å². The Kier molecular flexibility index (Phi) is 7.40. The zero-order chi connectivity index (χ0) is 11.7. The number of hydrogen-bond donors (Lipinski definition) is 2. The van der Waals surface area contributed by atoms with Gasteiger partial charge in [-0.25, -0.2) is 4.79 Å². The van der Waals surface area contributed by atoms with Crippen molar-refractivity contribution in [3.63, 3.8) is 0 Å². The van der Waals surface area contributed by atoms with Gasteiger partial charge in [-0.3, -0.25) is 4.79 Å². The molecule has 5 heteroatoms. The van der Waals surface area contributed by atoms with Crippen molar-refractivity contribution in [2.75, 3.05) is 6.61 Å². The standard InChI is InChI=1S/C10H20N2O3/c1-3-4-5-6-7-15-10(14)12-8(2)9(11)13/h8H,3-7H2,1-2H3,(H2,11,13)(H,12,14). The minimum absolute atomic E-state index is 0.386. The van der Waals surface area contributed by atoms with Crippen molar-refractivity contribution in [3.05, 3.63) is 0 Å². The van der Waals surface area contributed by atoms with Crippen LogP contribution in [-0.4, -0.2) is 24.6 Å². The molecule has 0 saturated carbocycles. The van der Waals surface area contributed by atoms with Crippen LogP contribution in [0.15, 0.2) is 0 Å². The molecule has 3 N–H and O–H groups in total. The van der Waals surface area contributed by atoms with E-state index in [0.717, 1.165) is 25.7 Å². The monoisotopic (exact) mass is 216 g/mol. The molecule has 2 amide bonds. The zero-order valence-electron chi connectivity index (χ0n) is 9.41. The molecule has 0 aromatic carbocycles. The number of alkyl carbamates (subject to hydrolysis) is 1. The third-order valence-corrected chi connectivity index (χ3v) is 1.99. The van der Waals surface area contributed by atoms with E-state index in [1.807, 2.05) is 0 Å². The largest absolute Gasteiger partial charge is 0.450 e. The molecule has 0 aliphatic heterocycles. The highest BCUT2D eigenvalue weighted by Gasteiger charge is 2.12. The van der Waals surface area contributed by atoms with E-state index in [-0.39, 0.29) is 0 Å². The van der Waals surface area contributed by atoms with Crippen LogP contribution in [0.25, 0.3) is 0 Å². The fraction of sp³-hybridized carbons (Fsp3) is 0.800. The first-order valence-corrected chi connectivity index (χ1v) is 5.30. The lowest BCUT2D eigenvalue weighted by Gasteiger charge is -2.10. The number of nitrogens with one attached hydrogen (secondary N) is 1. The van der Waals surface area contributed by atoms with Gasteiger partial charge in [0.25, 0.3) is 0 Å². The first-order chi connectivity index (χ1) is 7.07. The second-order valence-electron chi connectivity index (χ2n) is 3.46. The number of carbonyl (C=O) groups excluding carboxylic acids is 2. The average Bonchev–Trinajstić information content (AvgIpc) is 2.17. The Bertz CT molecular complexity index is 207. The Labute approximate surface area is 90.4 Å². The molecule has 0 fully saturated rings. The van der Waals surface area contributed by atoms with Gasteiger partial charge in [-0.1, -0.05) is 26.2 Å². The highest BCUT2D eigenvalue weighted by atomic mass is 16.5. The molecule has 0 radical (unpaired) electrons. The van der Waals surface area contributed by atoms with Crippen LogP contribution in [0, 0.1) is 0 Å². The van der Waals surface area contributed by atoms with Gasteiger partial charge in [-0.05, 0) is 13.3 Å². The second kappa shape index (κ2) is 8.08. The lowest BCUT2D eigenvalue weighted by Crippen LogP contribution is -2.42. The molecule has 0 aromatic rings. The van der Waals surface area contributed by atoms with Crippen molar-refractivity contribution in [2.45, 2.75) is 45.6 Å². The Balaban J connectivity index is 3.45. The fourth-order valence-electron chi connectivity index (χ4n) is 0.983. The zero-order valence-corrected chi connectivity index (χ0v) is 9.41. The molecule has 0 aromatic heterocycles. The summed E-state index contributed by atoms with van der Waals surface area (Å²) >= 11 is 0. The van der Waals surface area contributed by atoms with Crippen molar-refractivity contribution < 1.29 is 14.3 Å². The SMILES string of the molecule is CCCCCCOC(=O)NC(C)C(N)=O. The first kappa shape index (κ1) is 13.7. The number of hydrogen-bond acceptors (Lipinski definition) is 3. The molecule has 1 unspecified atom stereocenters. The predicted molar refractivity (Wildman–Crippen MR) is 57.3 cm³/mol. The maximum Gasteiger partial charge on any atom is 0.407 e. The number of primary amides is 1. The molecule has 0 heterocycles. The molecule has 5 nitrogen and oxygen atoms in total. The highest BCUT2D eigenvalue weighted by Crippen LogP contribution is 1.98. The third-order valence-electron chi connectivity index (χ3n) is 1.99. The van der Waals surface area contributed by atoms with Crippen LogP contribution in [0.2, 0.25) is 0 Å². The van der Waals surface area contributed by atoms with Crippen LogP contribution in [0.4, 0.5) is 4.79 Å². The van der Waals surface area contributed by atoms with E-state index in [1.54, 1.807) is 0 Å². The smallest absolute Gasteiger partial charge is 0.407 e. The summed E-state index contributed by atoms with van der Waals surface area (Å²) in [5.74, 6) is -0.571. The van der Waals surface area contributed by atoms with Crippen LogP contribution in [0.5, 0.6) is 0 Å². The van der Waals surface area contributed by atoms with Crippen molar-refractivity contribution >= 4 is 12.0 Å². The van der Waals surface area contributed by atoms with Gasteiger partial charge in [-0.2, -0.15) is 0 Å². The Morgan fingerprint density at radius 3 is 2.53 bits per heavy atom.